The van der Waals surface area contributed by atoms with E-state index in [4.69, 9.17) is 9.15 Å². The van der Waals surface area contributed by atoms with Gasteiger partial charge in [0.1, 0.15) is 5.58 Å². The average Bonchev–Trinajstić information content (AvgIpc) is 3.16. The zero-order valence-electron chi connectivity index (χ0n) is 16.5. The van der Waals surface area contributed by atoms with Gasteiger partial charge in [0.15, 0.2) is 5.76 Å². The van der Waals surface area contributed by atoms with Gasteiger partial charge in [-0.1, -0.05) is 36.4 Å². The van der Waals surface area contributed by atoms with E-state index in [0.29, 0.717) is 56.3 Å². The van der Waals surface area contributed by atoms with E-state index in [1.807, 2.05) is 61.5 Å². The number of hydrogen-bond donors (Lipinski definition) is 0. The molecule has 1 fully saturated rings. The minimum absolute atomic E-state index is 0.00142. The van der Waals surface area contributed by atoms with Gasteiger partial charge in [0.25, 0.3) is 11.8 Å². The summed E-state index contributed by atoms with van der Waals surface area (Å²) >= 11 is 0. The van der Waals surface area contributed by atoms with Crippen LogP contribution in [0.2, 0.25) is 0 Å². The highest BCUT2D eigenvalue weighted by Crippen LogP contribution is 2.28. The van der Waals surface area contributed by atoms with Crippen LogP contribution in [-0.4, -0.2) is 54.4 Å². The zero-order valence-corrected chi connectivity index (χ0v) is 16.5. The summed E-state index contributed by atoms with van der Waals surface area (Å²) in [6.45, 7) is 4.77. The lowest BCUT2D eigenvalue weighted by Gasteiger charge is -2.34. The molecule has 0 aliphatic carbocycles. The third-order valence-corrected chi connectivity index (χ3v) is 5.22. The number of fused-ring (bicyclic) bond motifs is 1. The van der Waals surface area contributed by atoms with Gasteiger partial charge in [0, 0.05) is 49.3 Å². The van der Waals surface area contributed by atoms with E-state index >= 15 is 0 Å². The number of carbonyl (C=O) groups is 2. The first-order valence-corrected chi connectivity index (χ1v) is 9.90. The molecule has 1 aliphatic rings. The molecule has 1 aromatic heterocycles. The summed E-state index contributed by atoms with van der Waals surface area (Å²) in [6, 6.07) is 16.8. The van der Waals surface area contributed by atoms with Crippen molar-refractivity contribution < 1.29 is 18.7 Å². The number of furan rings is 1. The molecule has 0 radical (unpaired) electrons. The molecule has 150 valence electrons. The summed E-state index contributed by atoms with van der Waals surface area (Å²) in [4.78, 5) is 29.3. The highest BCUT2D eigenvalue weighted by molar-refractivity contribution is 5.99. The van der Waals surface area contributed by atoms with Crippen LogP contribution in [0.15, 0.2) is 59.0 Å². The predicted molar refractivity (Wildman–Crippen MR) is 110 cm³/mol. The van der Waals surface area contributed by atoms with Crippen molar-refractivity contribution in [2.24, 2.45) is 0 Å². The molecular formula is C23H24N2O4. The first-order chi connectivity index (χ1) is 14.2. The second-order valence-corrected chi connectivity index (χ2v) is 6.99. The largest absolute Gasteiger partial charge is 0.451 e. The monoisotopic (exact) mass is 392 g/mol. The lowest BCUT2D eigenvalue weighted by Crippen LogP contribution is -2.50. The maximum atomic E-state index is 13.2. The van der Waals surface area contributed by atoms with E-state index in [9.17, 15) is 9.59 Å². The summed E-state index contributed by atoms with van der Waals surface area (Å²) in [5.41, 5.74) is 2.14. The Kier molecular flexibility index (Phi) is 5.62. The summed E-state index contributed by atoms with van der Waals surface area (Å²) < 4.78 is 11.5. The van der Waals surface area contributed by atoms with E-state index in [2.05, 4.69) is 0 Å². The van der Waals surface area contributed by atoms with E-state index in [-0.39, 0.29) is 11.8 Å². The van der Waals surface area contributed by atoms with Gasteiger partial charge in [-0.2, -0.15) is 0 Å². The molecule has 0 atom stereocenters. The second kappa shape index (κ2) is 8.49. The Labute approximate surface area is 169 Å². The summed E-state index contributed by atoms with van der Waals surface area (Å²) in [5.74, 6) is 0.184. The van der Waals surface area contributed by atoms with Crippen molar-refractivity contribution in [3.63, 3.8) is 0 Å². The summed E-state index contributed by atoms with van der Waals surface area (Å²) in [5, 5.41) is 0.905. The van der Waals surface area contributed by atoms with E-state index in [0.717, 1.165) is 10.9 Å². The highest BCUT2D eigenvalue weighted by atomic mass is 16.5. The fourth-order valence-electron chi connectivity index (χ4n) is 3.64. The molecule has 2 aromatic carbocycles. The van der Waals surface area contributed by atoms with Crippen molar-refractivity contribution in [1.82, 2.24) is 9.80 Å². The third kappa shape index (κ3) is 3.89. The fourth-order valence-corrected chi connectivity index (χ4v) is 3.64. The van der Waals surface area contributed by atoms with E-state index in [1.165, 1.54) is 0 Å². The molecule has 0 unspecified atom stereocenters. The standard InChI is InChI=1S/C23H24N2O4/c1-2-28-16-19-18-10-6-7-11-20(18)29-21(19)23(27)25-14-12-24(13-15-25)22(26)17-8-4-3-5-9-17/h3-11H,2,12-16H2,1H3. The van der Waals surface area contributed by atoms with Crippen LogP contribution in [0.5, 0.6) is 0 Å². The molecule has 0 spiro atoms. The Bertz CT molecular complexity index is 1000. The molecule has 2 heterocycles. The van der Waals surface area contributed by atoms with E-state index < -0.39 is 0 Å². The number of nitrogens with zero attached hydrogens (tertiary/aromatic N) is 2. The van der Waals surface area contributed by atoms with Crippen molar-refractivity contribution in [3.8, 4) is 0 Å². The van der Waals surface area contributed by atoms with Crippen LogP contribution in [0, 0.1) is 0 Å². The number of rotatable bonds is 5. The van der Waals surface area contributed by atoms with Crippen molar-refractivity contribution in [1.29, 1.82) is 0 Å². The van der Waals surface area contributed by atoms with Crippen LogP contribution in [-0.2, 0) is 11.3 Å². The number of hydrogen-bond acceptors (Lipinski definition) is 4. The molecule has 3 aromatic rings. The molecule has 0 saturated carbocycles. The van der Waals surface area contributed by atoms with Gasteiger partial charge in [-0.3, -0.25) is 9.59 Å². The molecule has 1 saturated heterocycles. The zero-order chi connectivity index (χ0) is 20.2. The molecule has 4 rings (SSSR count). The predicted octanol–water partition coefficient (Wildman–Crippen LogP) is 3.57. The van der Waals surface area contributed by atoms with Gasteiger partial charge in [-0.05, 0) is 25.1 Å². The number of ether oxygens (including phenoxy) is 1. The van der Waals surface area contributed by atoms with Gasteiger partial charge in [0.2, 0.25) is 0 Å². The highest BCUT2D eigenvalue weighted by Gasteiger charge is 2.29. The van der Waals surface area contributed by atoms with Crippen LogP contribution in [0.4, 0.5) is 0 Å². The molecule has 2 amide bonds. The van der Waals surface area contributed by atoms with E-state index in [1.54, 1.807) is 9.80 Å². The van der Waals surface area contributed by atoms with Gasteiger partial charge in [-0.25, -0.2) is 0 Å². The van der Waals surface area contributed by atoms with Gasteiger partial charge in [-0.15, -0.1) is 0 Å². The van der Waals surface area contributed by atoms with Crippen LogP contribution in [0.3, 0.4) is 0 Å². The normalized spacial score (nSPS) is 14.4. The van der Waals surface area contributed by atoms with Gasteiger partial charge < -0.3 is 19.0 Å². The Hall–Kier alpha value is -3.12. The number of benzene rings is 2. The third-order valence-electron chi connectivity index (χ3n) is 5.22. The Morgan fingerprint density at radius 2 is 1.52 bits per heavy atom. The first kappa shape index (κ1) is 19.2. The minimum Gasteiger partial charge on any atom is -0.451 e. The molecule has 0 N–H and O–H groups in total. The summed E-state index contributed by atoms with van der Waals surface area (Å²) in [6.07, 6.45) is 0. The molecule has 0 bridgehead atoms. The van der Waals surface area contributed by atoms with Gasteiger partial charge in [0.05, 0.1) is 6.61 Å². The van der Waals surface area contributed by atoms with Crippen LogP contribution < -0.4 is 0 Å². The molecule has 6 nitrogen and oxygen atoms in total. The topological polar surface area (TPSA) is 63.0 Å². The lowest BCUT2D eigenvalue weighted by atomic mass is 10.1. The van der Waals surface area contributed by atoms with Crippen molar-refractivity contribution in [2.75, 3.05) is 32.8 Å². The van der Waals surface area contributed by atoms with Crippen LogP contribution >= 0.6 is 0 Å². The van der Waals surface area contributed by atoms with Crippen molar-refractivity contribution in [3.05, 3.63) is 71.5 Å². The number of piperazine rings is 1. The molecule has 29 heavy (non-hydrogen) atoms. The molecule has 1 aliphatic heterocycles. The number of para-hydroxylation sites is 1. The maximum Gasteiger partial charge on any atom is 0.290 e. The van der Waals surface area contributed by atoms with Crippen LogP contribution in [0.25, 0.3) is 11.0 Å². The quantitative estimate of drug-likeness (QED) is 0.666. The fraction of sp³-hybridized carbons (Fsp3) is 0.304. The number of amides is 2. The molecule has 6 heteroatoms. The Balaban J connectivity index is 1.49. The Morgan fingerprint density at radius 3 is 2.21 bits per heavy atom. The molecular weight excluding hydrogens is 368 g/mol. The second-order valence-electron chi connectivity index (χ2n) is 6.99. The van der Waals surface area contributed by atoms with Crippen molar-refractivity contribution >= 4 is 22.8 Å². The minimum atomic E-state index is -0.150. The maximum absolute atomic E-state index is 13.2. The number of carbonyl (C=O) groups excluding carboxylic acids is 2. The smallest absolute Gasteiger partial charge is 0.290 e. The van der Waals surface area contributed by atoms with Crippen molar-refractivity contribution in [2.45, 2.75) is 13.5 Å². The SMILES string of the molecule is CCOCc1c(C(=O)N2CCN(C(=O)c3ccccc3)CC2)oc2ccccc12. The summed E-state index contributed by atoms with van der Waals surface area (Å²) in [7, 11) is 0. The van der Waals surface area contributed by atoms with Crippen LogP contribution in [0.1, 0.15) is 33.4 Å². The van der Waals surface area contributed by atoms with Gasteiger partial charge >= 0.3 is 0 Å². The first-order valence-electron chi connectivity index (χ1n) is 9.90. The lowest BCUT2D eigenvalue weighted by molar-refractivity contribution is 0.0515. The average molecular weight is 392 g/mol. The Morgan fingerprint density at radius 1 is 0.897 bits per heavy atom.